The lowest BCUT2D eigenvalue weighted by Gasteiger charge is -2.06. The van der Waals surface area contributed by atoms with Crippen LogP contribution in [0.2, 0.25) is 0 Å². The van der Waals surface area contributed by atoms with Crippen molar-refractivity contribution in [1.82, 2.24) is 0 Å². The van der Waals surface area contributed by atoms with E-state index in [-0.39, 0.29) is 11.3 Å². The van der Waals surface area contributed by atoms with Gasteiger partial charge in [-0.1, -0.05) is 30.3 Å². The summed E-state index contributed by atoms with van der Waals surface area (Å²) in [6.07, 6.45) is 0.642. The number of aldehydes is 1. The number of hydrogen-bond donors (Lipinski definition) is 0. The molecule has 0 atom stereocenters. The minimum absolute atomic E-state index is 0.102. The number of esters is 1. The summed E-state index contributed by atoms with van der Waals surface area (Å²) in [6, 6.07) is 14.9. The zero-order chi connectivity index (χ0) is 17.1. The summed E-state index contributed by atoms with van der Waals surface area (Å²) in [5.41, 5.74) is 2.13. The van der Waals surface area contributed by atoms with Crippen LogP contribution in [0.5, 0.6) is 0 Å². The summed E-state index contributed by atoms with van der Waals surface area (Å²) in [6.45, 7) is 0. The topological polar surface area (TPSA) is 56.5 Å². The monoisotopic (exact) mass is 324 g/mol. The Balaban J connectivity index is 1.89. The van der Waals surface area contributed by atoms with Crippen molar-refractivity contribution in [1.29, 1.82) is 0 Å². The fourth-order valence-electron chi connectivity index (χ4n) is 2.37. The zero-order valence-corrected chi connectivity index (χ0v) is 12.8. The molecule has 0 saturated heterocycles. The van der Waals surface area contributed by atoms with E-state index in [1.165, 1.54) is 19.2 Å². The van der Waals surface area contributed by atoms with E-state index >= 15 is 0 Å². The summed E-state index contributed by atoms with van der Waals surface area (Å²) >= 11 is 0. The molecule has 0 fully saturated rings. The number of benzene rings is 2. The average molecular weight is 324 g/mol. The molecule has 24 heavy (non-hydrogen) atoms. The fraction of sp³-hybridized carbons (Fsp3) is 0.0526. The highest BCUT2D eigenvalue weighted by Gasteiger charge is 2.13. The van der Waals surface area contributed by atoms with Gasteiger partial charge in [0.25, 0.3) is 0 Å². The normalized spacial score (nSPS) is 10.4. The van der Waals surface area contributed by atoms with Crippen molar-refractivity contribution < 1.29 is 23.1 Å². The minimum atomic E-state index is -0.710. The first-order valence-electron chi connectivity index (χ1n) is 7.16. The highest BCUT2D eigenvalue weighted by molar-refractivity contribution is 5.90. The van der Waals surface area contributed by atoms with Crippen molar-refractivity contribution in [3.63, 3.8) is 0 Å². The third-order valence-corrected chi connectivity index (χ3v) is 3.62. The number of hydrogen-bond acceptors (Lipinski definition) is 4. The summed E-state index contributed by atoms with van der Waals surface area (Å²) in [5, 5.41) is 0. The lowest BCUT2D eigenvalue weighted by molar-refractivity contribution is 0.0595. The maximum absolute atomic E-state index is 14.0. The van der Waals surface area contributed by atoms with Gasteiger partial charge in [-0.05, 0) is 35.4 Å². The lowest BCUT2D eigenvalue weighted by Crippen LogP contribution is -2.04. The Kier molecular flexibility index (Phi) is 4.24. The number of ether oxygens (including phenoxy) is 1. The van der Waals surface area contributed by atoms with Crippen LogP contribution in [0.3, 0.4) is 0 Å². The molecule has 0 N–H and O–H groups in total. The third-order valence-electron chi connectivity index (χ3n) is 3.62. The van der Waals surface area contributed by atoms with E-state index in [1.807, 2.05) is 24.3 Å². The van der Waals surface area contributed by atoms with E-state index in [2.05, 4.69) is 4.74 Å². The van der Waals surface area contributed by atoms with Crippen LogP contribution in [0.15, 0.2) is 59.0 Å². The smallest absolute Gasteiger partial charge is 0.340 e. The molecule has 0 bridgehead atoms. The van der Waals surface area contributed by atoms with Crippen molar-refractivity contribution in [2.75, 3.05) is 7.11 Å². The first kappa shape index (κ1) is 15.7. The van der Waals surface area contributed by atoms with Gasteiger partial charge in [0.15, 0.2) is 12.0 Å². The molecule has 0 saturated carbocycles. The highest BCUT2D eigenvalue weighted by Crippen LogP contribution is 2.27. The van der Waals surface area contributed by atoms with E-state index in [1.54, 1.807) is 18.2 Å². The van der Waals surface area contributed by atoms with Gasteiger partial charge in [-0.25, -0.2) is 9.18 Å². The van der Waals surface area contributed by atoms with Crippen LogP contribution in [0.4, 0.5) is 4.39 Å². The second kappa shape index (κ2) is 6.50. The maximum atomic E-state index is 14.0. The molecule has 0 amide bonds. The predicted octanol–water partition coefficient (Wildman–Crippen LogP) is 4.35. The molecule has 1 aromatic heterocycles. The molecule has 0 spiro atoms. The first-order chi connectivity index (χ1) is 11.6. The lowest BCUT2D eigenvalue weighted by atomic mass is 10.0. The Morgan fingerprint density at radius 1 is 1.00 bits per heavy atom. The molecule has 120 valence electrons. The molecule has 0 aliphatic heterocycles. The molecular formula is C19H13FO4. The van der Waals surface area contributed by atoms with Crippen molar-refractivity contribution in [2.24, 2.45) is 0 Å². The third kappa shape index (κ3) is 2.96. The minimum Gasteiger partial charge on any atom is -0.465 e. The summed E-state index contributed by atoms with van der Waals surface area (Å²) in [7, 11) is 1.21. The Labute approximate surface area is 137 Å². The Morgan fingerprint density at radius 2 is 1.67 bits per heavy atom. The molecular weight excluding hydrogens is 311 g/mol. The first-order valence-corrected chi connectivity index (χ1v) is 7.16. The predicted molar refractivity (Wildman–Crippen MR) is 86.3 cm³/mol. The number of halogens is 1. The molecule has 4 nitrogen and oxygen atoms in total. The van der Waals surface area contributed by atoms with Gasteiger partial charge >= 0.3 is 5.97 Å². The quantitative estimate of drug-likeness (QED) is 0.529. The molecule has 0 aliphatic rings. The summed E-state index contributed by atoms with van der Waals surface area (Å²) < 4.78 is 23.9. The van der Waals surface area contributed by atoms with Gasteiger partial charge in [-0.15, -0.1) is 0 Å². The van der Waals surface area contributed by atoms with Crippen molar-refractivity contribution in [2.45, 2.75) is 0 Å². The molecule has 0 aliphatic carbocycles. The van der Waals surface area contributed by atoms with Crippen molar-refractivity contribution >= 4 is 12.3 Å². The largest absolute Gasteiger partial charge is 0.465 e. The Hall–Kier alpha value is -3.21. The van der Waals surface area contributed by atoms with Gasteiger partial charge in [0.1, 0.15) is 11.6 Å². The zero-order valence-electron chi connectivity index (χ0n) is 12.8. The average Bonchev–Trinajstić information content (AvgIpc) is 3.10. The van der Waals surface area contributed by atoms with Crippen LogP contribution >= 0.6 is 0 Å². The molecule has 3 aromatic rings. The van der Waals surface area contributed by atoms with Gasteiger partial charge in [-0.2, -0.15) is 0 Å². The Morgan fingerprint density at radius 3 is 2.25 bits per heavy atom. The summed E-state index contributed by atoms with van der Waals surface area (Å²) in [5.74, 6) is -0.506. The second-order valence-corrected chi connectivity index (χ2v) is 5.08. The van der Waals surface area contributed by atoms with E-state index in [0.29, 0.717) is 17.6 Å². The standard InChI is InChI=1S/C19H13FO4/c1-23-19(22)16-8-6-14(10-17(16)20)12-2-4-13(5-3-12)18-9-7-15(11-21)24-18/h2-11H,1H3. The number of carbonyl (C=O) groups excluding carboxylic acids is 2. The molecule has 3 rings (SSSR count). The van der Waals surface area contributed by atoms with Crippen LogP contribution < -0.4 is 0 Å². The van der Waals surface area contributed by atoms with Crippen LogP contribution in [-0.2, 0) is 4.74 Å². The van der Waals surface area contributed by atoms with Crippen LogP contribution in [0, 0.1) is 5.82 Å². The van der Waals surface area contributed by atoms with Gasteiger partial charge in [0.2, 0.25) is 0 Å². The molecule has 5 heteroatoms. The van der Waals surface area contributed by atoms with Gasteiger partial charge < -0.3 is 9.15 Å². The van der Waals surface area contributed by atoms with Crippen molar-refractivity contribution in [3.8, 4) is 22.5 Å². The van der Waals surface area contributed by atoms with E-state index in [4.69, 9.17) is 4.42 Å². The van der Waals surface area contributed by atoms with Crippen LogP contribution in [-0.4, -0.2) is 19.4 Å². The van der Waals surface area contributed by atoms with E-state index in [9.17, 15) is 14.0 Å². The van der Waals surface area contributed by atoms with Gasteiger partial charge in [0, 0.05) is 5.56 Å². The van der Waals surface area contributed by atoms with E-state index < -0.39 is 11.8 Å². The summed E-state index contributed by atoms with van der Waals surface area (Å²) in [4.78, 5) is 22.1. The van der Waals surface area contributed by atoms with Gasteiger partial charge in [-0.3, -0.25) is 4.79 Å². The molecule has 0 unspecified atom stereocenters. The molecule has 2 aromatic carbocycles. The molecule has 0 radical (unpaired) electrons. The second-order valence-electron chi connectivity index (χ2n) is 5.08. The van der Waals surface area contributed by atoms with Crippen molar-refractivity contribution in [3.05, 3.63) is 71.7 Å². The maximum Gasteiger partial charge on any atom is 0.340 e. The SMILES string of the molecule is COC(=O)c1ccc(-c2ccc(-c3ccc(C=O)o3)cc2)cc1F. The van der Waals surface area contributed by atoms with Gasteiger partial charge in [0.05, 0.1) is 12.7 Å². The fourth-order valence-corrected chi connectivity index (χ4v) is 2.37. The van der Waals surface area contributed by atoms with E-state index in [0.717, 1.165) is 11.1 Å². The molecule has 1 heterocycles. The Bertz CT molecular complexity index is 894. The van der Waals surface area contributed by atoms with Crippen LogP contribution in [0.1, 0.15) is 20.9 Å². The highest BCUT2D eigenvalue weighted by atomic mass is 19.1. The van der Waals surface area contributed by atoms with Crippen LogP contribution in [0.25, 0.3) is 22.5 Å². The number of rotatable bonds is 4. The number of furan rings is 1. The number of carbonyl (C=O) groups is 2. The number of methoxy groups -OCH3 is 1.